The Kier molecular flexibility index (Phi) is 6.53. The maximum Gasteiger partial charge on any atom is 0.220 e. The van der Waals surface area contributed by atoms with Gasteiger partial charge in [0, 0.05) is 30.2 Å². The summed E-state index contributed by atoms with van der Waals surface area (Å²) < 4.78 is 0. The summed E-state index contributed by atoms with van der Waals surface area (Å²) >= 11 is 1.63. The van der Waals surface area contributed by atoms with E-state index < -0.39 is 0 Å². The number of nitrogens with one attached hydrogen (secondary N) is 1. The van der Waals surface area contributed by atoms with Crippen molar-refractivity contribution in [2.45, 2.75) is 45.1 Å². The monoisotopic (exact) mass is 358 g/mol. The fraction of sp³-hybridized carbons (Fsp3) is 0.526. The molecule has 1 N–H and O–H groups in total. The molecular weight excluding hydrogens is 332 g/mol. The Balaban J connectivity index is 1.56. The summed E-state index contributed by atoms with van der Waals surface area (Å²) in [5.41, 5.74) is 4.07. The van der Waals surface area contributed by atoms with Gasteiger partial charge < -0.3 is 5.32 Å². The topological polar surface area (TPSA) is 58.1 Å². The second-order valence-electron chi connectivity index (χ2n) is 6.56. The number of carbonyl (C=O) groups excluding carboxylic acids is 1. The van der Waals surface area contributed by atoms with E-state index in [0.717, 1.165) is 25.2 Å². The van der Waals surface area contributed by atoms with Gasteiger partial charge in [-0.3, -0.25) is 14.7 Å². The summed E-state index contributed by atoms with van der Waals surface area (Å²) in [5.74, 6) is 0.110. The summed E-state index contributed by atoms with van der Waals surface area (Å²) in [4.78, 5) is 24.5. The number of hydrogen-bond acceptors (Lipinski definition) is 5. The fourth-order valence-electron chi connectivity index (χ4n) is 3.35. The summed E-state index contributed by atoms with van der Waals surface area (Å²) in [6, 6.07) is 4.29. The Labute approximate surface area is 153 Å². The lowest BCUT2D eigenvalue weighted by Gasteiger charge is -2.34. The molecule has 1 saturated heterocycles. The first-order chi connectivity index (χ1) is 12.2. The lowest BCUT2D eigenvalue weighted by Crippen LogP contribution is -2.40. The van der Waals surface area contributed by atoms with Crippen LogP contribution in [-0.2, 0) is 11.2 Å². The predicted molar refractivity (Wildman–Crippen MR) is 101 cm³/mol. The van der Waals surface area contributed by atoms with Gasteiger partial charge in [0.15, 0.2) is 0 Å². The number of hydrogen-bond donors (Lipinski definition) is 1. The quantitative estimate of drug-likeness (QED) is 0.826. The summed E-state index contributed by atoms with van der Waals surface area (Å²) in [7, 11) is 0. The molecule has 1 aliphatic rings. The number of pyridine rings is 1. The number of likely N-dealkylation sites (tertiary alicyclic amines) is 1. The van der Waals surface area contributed by atoms with Crippen LogP contribution in [0.5, 0.6) is 0 Å². The van der Waals surface area contributed by atoms with E-state index in [1.54, 1.807) is 17.5 Å². The average molecular weight is 359 g/mol. The van der Waals surface area contributed by atoms with Gasteiger partial charge in [0.2, 0.25) is 5.91 Å². The van der Waals surface area contributed by atoms with Crippen molar-refractivity contribution in [2.75, 3.05) is 19.6 Å². The molecular formula is C19H26N4OS. The van der Waals surface area contributed by atoms with Crippen LogP contribution in [0, 0.1) is 6.92 Å². The summed E-state index contributed by atoms with van der Waals surface area (Å²) in [6.07, 6.45) is 8.77. The van der Waals surface area contributed by atoms with Crippen LogP contribution in [-0.4, -0.2) is 40.4 Å². The molecule has 1 aliphatic heterocycles. The van der Waals surface area contributed by atoms with Gasteiger partial charge in [0.25, 0.3) is 0 Å². The molecule has 0 saturated carbocycles. The molecule has 3 rings (SSSR count). The molecule has 25 heavy (non-hydrogen) atoms. The average Bonchev–Trinajstić information content (AvgIpc) is 3.07. The maximum atomic E-state index is 12.3. The van der Waals surface area contributed by atoms with Crippen molar-refractivity contribution in [3.8, 4) is 0 Å². The van der Waals surface area contributed by atoms with Crippen molar-refractivity contribution in [1.82, 2.24) is 20.2 Å². The Bertz CT molecular complexity index is 667. The van der Waals surface area contributed by atoms with Crippen LogP contribution in [0.15, 0.2) is 30.0 Å². The van der Waals surface area contributed by atoms with Crippen molar-refractivity contribution in [3.05, 3.63) is 46.2 Å². The van der Waals surface area contributed by atoms with Crippen molar-refractivity contribution < 1.29 is 4.79 Å². The third-order valence-corrected chi connectivity index (χ3v) is 5.81. The zero-order chi connectivity index (χ0) is 17.5. The Morgan fingerprint density at radius 3 is 2.88 bits per heavy atom. The smallest absolute Gasteiger partial charge is 0.220 e. The molecule has 0 aromatic carbocycles. The number of aryl methyl sites for hydroxylation is 2. The van der Waals surface area contributed by atoms with Crippen molar-refractivity contribution >= 4 is 17.2 Å². The SMILES string of the molecule is Cc1ncsc1CCC(=O)NC[C@H](c1cccnc1)N1CCCCC1. The Hall–Kier alpha value is -1.79. The Morgan fingerprint density at radius 2 is 2.20 bits per heavy atom. The molecule has 2 aromatic rings. The molecule has 2 aromatic heterocycles. The summed E-state index contributed by atoms with van der Waals surface area (Å²) in [6.45, 7) is 4.83. The number of aromatic nitrogens is 2. The van der Waals surface area contributed by atoms with E-state index in [0.29, 0.717) is 13.0 Å². The van der Waals surface area contributed by atoms with E-state index in [-0.39, 0.29) is 11.9 Å². The number of carbonyl (C=O) groups is 1. The minimum atomic E-state index is 0.110. The van der Waals surface area contributed by atoms with Gasteiger partial charge in [-0.05, 0) is 50.9 Å². The molecule has 0 spiro atoms. The highest BCUT2D eigenvalue weighted by molar-refractivity contribution is 7.09. The maximum absolute atomic E-state index is 12.3. The third kappa shape index (κ3) is 5.09. The van der Waals surface area contributed by atoms with E-state index in [1.165, 1.54) is 29.7 Å². The molecule has 5 nitrogen and oxygen atoms in total. The number of piperidine rings is 1. The first-order valence-electron chi connectivity index (χ1n) is 9.03. The molecule has 0 aliphatic carbocycles. The van der Waals surface area contributed by atoms with Crippen LogP contribution in [0.1, 0.15) is 47.9 Å². The third-order valence-electron chi connectivity index (χ3n) is 4.82. The standard InChI is InChI=1S/C19H26N4OS/c1-15-18(25-14-22-15)7-8-19(24)21-13-17(16-6-5-9-20-12-16)23-10-3-2-4-11-23/h5-6,9,12,14,17H,2-4,7-8,10-11,13H2,1H3,(H,21,24)/t17-/m1/s1. The van der Waals surface area contributed by atoms with Crippen LogP contribution in [0.4, 0.5) is 0 Å². The van der Waals surface area contributed by atoms with Crippen molar-refractivity contribution in [3.63, 3.8) is 0 Å². The van der Waals surface area contributed by atoms with Crippen LogP contribution in [0.3, 0.4) is 0 Å². The lowest BCUT2D eigenvalue weighted by molar-refractivity contribution is -0.121. The van der Waals surface area contributed by atoms with Gasteiger partial charge in [-0.1, -0.05) is 12.5 Å². The van der Waals surface area contributed by atoms with Gasteiger partial charge in [-0.15, -0.1) is 11.3 Å². The Morgan fingerprint density at radius 1 is 1.36 bits per heavy atom. The number of amides is 1. The van der Waals surface area contributed by atoms with E-state index in [1.807, 2.05) is 24.7 Å². The second-order valence-corrected chi connectivity index (χ2v) is 7.50. The zero-order valence-electron chi connectivity index (χ0n) is 14.8. The van der Waals surface area contributed by atoms with Crippen LogP contribution in [0.25, 0.3) is 0 Å². The molecule has 0 bridgehead atoms. The normalized spacial score (nSPS) is 16.5. The van der Waals surface area contributed by atoms with Gasteiger partial charge >= 0.3 is 0 Å². The van der Waals surface area contributed by atoms with E-state index in [2.05, 4.69) is 26.3 Å². The van der Waals surface area contributed by atoms with Gasteiger partial charge in [0.1, 0.15) is 0 Å². The van der Waals surface area contributed by atoms with Crippen molar-refractivity contribution in [1.29, 1.82) is 0 Å². The zero-order valence-corrected chi connectivity index (χ0v) is 15.6. The number of rotatable bonds is 7. The molecule has 134 valence electrons. The van der Waals surface area contributed by atoms with Gasteiger partial charge in [-0.2, -0.15) is 0 Å². The molecule has 6 heteroatoms. The minimum Gasteiger partial charge on any atom is -0.354 e. The highest BCUT2D eigenvalue weighted by Gasteiger charge is 2.23. The van der Waals surface area contributed by atoms with Crippen LogP contribution >= 0.6 is 11.3 Å². The van der Waals surface area contributed by atoms with Crippen LogP contribution in [0.2, 0.25) is 0 Å². The van der Waals surface area contributed by atoms with E-state index in [4.69, 9.17) is 0 Å². The largest absolute Gasteiger partial charge is 0.354 e. The van der Waals surface area contributed by atoms with Crippen molar-refractivity contribution in [2.24, 2.45) is 0 Å². The number of thiazole rings is 1. The molecule has 0 radical (unpaired) electrons. The van der Waals surface area contributed by atoms with Gasteiger partial charge in [0.05, 0.1) is 17.2 Å². The molecule has 3 heterocycles. The lowest BCUT2D eigenvalue weighted by atomic mass is 10.0. The molecule has 1 atom stereocenters. The van der Waals surface area contributed by atoms with E-state index in [9.17, 15) is 4.79 Å². The fourth-order valence-corrected chi connectivity index (χ4v) is 4.13. The summed E-state index contributed by atoms with van der Waals surface area (Å²) in [5, 5.41) is 3.14. The second kappa shape index (κ2) is 9.06. The minimum absolute atomic E-state index is 0.110. The van der Waals surface area contributed by atoms with E-state index >= 15 is 0 Å². The first-order valence-corrected chi connectivity index (χ1v) is 9.91. The predicted octanol–water partition coefficient (Wildman–Crippen LogP) is 3.12. The van der Waals surface area contributed by atoms with Crippen LogP contribution < -0.4 is 5.32 Å². The molecule has 1 amide bonds. The first kappa shape index (κ1) is 18.0. The highest BCUT2D eigenvalue weighted by Crippen LogP contribution is 2.23. The number of nitrogens with zero attached hydrogens (tertiary/aromatic N) is 3. The van der Waals surface area contributed by atoms with Gasteiger partial charge in [-0.25, -0.2) is 4.98 Å². The molecule has 0 unspecified atom stereocenters. The molecule has 1 fully saturated rings. The highest BCUT2D eigenvalue weighted by atomic mass is 32.1.